The van der Waals surface area contributed by atoms with Gasteiger partial charge in [0.25, 0.3) is 33.7 Å². The molecule has 6 heterocycles. The monoisotopic (exact) mass is 1390 g/mol. The summed E-state index contributed by atoms with van der Waals surface area (Å²) in [5, 5.41) is 10.1. The Morgan fingerprint density at radius 2 is 0.967 bits per heavy atom. The molecule has 0 aliphatic carbocycles. The number of rotatable bonds is 17. The minimum Gasteiger partial charge on any atom is -1.00 e. The summed E-state index contributed by atoms with van der Waals surface area (Å²) in [6.45, 7) is 31.5. The fourth-order valence-electron chi connectivity index (χ4n) is 7.14. The molecule has 1 fully saturated rings. The van der Waals surface area contributed by atoms with Crippen molar-refractivity contribution in [3.8, 4) is 0 Å². The number of aryl methyl sites for hydroxylation is 1. The molecule has 6 atom stereocenters. The molecule has 18 nitrogen and oxygen atoms in total. The van der Waals surface area contributed by atoms with Gasteiger partial charge >= 0.3 is 46.1 Å². The van der Waals surface area contributed by atoms with Crippen LogP contribution in [0.3, 0.4) is 0 Å². The summed E-state index contributed by atoms with van der Waals surface area (Å²) >= 11 is 3.19. The number of aromatic nitrogens is 6. The van der Waals surface area contributed by atoms with Crippen molar-refractivity contribution in [2.75, 3.05) is 6.61 Å². The summed E-state index contributed by atoms with van der Waals surface area (Å²) in [5.74, 6) is -0.834. The third-order valence-electron chi connectivity index (χ3n) is 11.4. The first-order valence-electron chi connectivity index (χ1n) is 27.1. The van der Waals surface area contributed by atoms with Crippen LogP contribution in [0.1, 0.15) is 132 Å². The first kappa shape index (κ1) is 90.7. The molecular weight excluding hydrogens is 1320 g/mol. The van der Waals surface area contributed by atoms with Crippen LogP contribution in [0.4, 0.5) is 0 Å². The second-order valence-electron chi connectivity index (χ2n) is 19.1. The van der Waals surface area contributed by atoms with Crippen LogP contribution in [0.2, 0.25) is 0 Å². The third-order valence-corrected chi connectivity index (χ3v) is 13.3. The molecule has 3 aliphatic rings. The summed E-state index contributed by atoms with van der Waals surface area (Å²) in [6.07, 6.45) is 30.5. The van der Waals surface area contributed by atoms with Crippen molar-refractivity contribution >= 4 is 120 Å². The van der Waals surface area contributed by atoms with Gasteiger partial charge in [0.15, 0.2) is 0 Å². The summed E-state index contributed by atoms with van der Waals surface area (Å²) in [5.41, 5.74) is 10.5. The standard InChI is InChI=1S/C17H15N3O2.C13H13NO2.C12H16O3S.C9H13N3.C5H9O.C4H3BrN2.C3H6O.C2H3.3ClH.2Mg/c1-12(5-4-6-13-9-18-11-19-10-13)20-16(21)14-7-2-3-8-15(14)17(20)22;1-3-6-9(2)14-12(15)10-7-4-5-8-11(10)13(14)16;1-4-5-11(3)15-16(13,14)12-8-6-10(2)7-9-12;1-8(10)3-2-4-9-5-11-7-12-6-9;1-3-4-5(2)6;5-4-1-6-3-7-2-4;1-3-2-4-3;1-2;;;;;/h2-4,6-12H,5H2,1H3;3-5,7-9H,1,6H2,2H3;4,6-9,11H,1,5H2,2-3H3;2,4-8H,3,10H2,1H3;3,5H,1,4H2,2H3;1-3H;3H,2H2,1H3;1H,2H2;3*1H;;/q;;;;-1;;;-1;;;;2*+2/p-2/b6-4+;;;4-2+;;;;;;;;;/t12-;9-;11-;8-;5-;;3-;;;;;;/m01001.1....../s1. The van der Waals surface area contributed by atoms with Crippen molar-refractivity contribution in [3.63, 3.8) is 0 Å². The van der Waals surface area contributed by atoms with E-state index in [1.165, 1.54) is 28.8 Å². The first-order chi connectivity index (χ1) is 40.6. The van der Waals surface area contributed by atoms with Gasteiger partial charge in [-0.15, -0.1) is 38.2 Å². The summed E-state index contributed by atoms with van der Waals surface area (Å²) in [6, 6.07) is 20.3. The van der Waals surface area contributed by atoms with Gasteiger partial charge in [0, 0.05) is 66.4 Å². The van der Waals surface area contributed by atoms with Crippen molar-refractivity contribution < 1.29 is 66.4 Å². The Morgan fingerprint density at radius 3 is 1.26 bits per heavy atom. The number of nitrogens with two attached hydrogens (primary N) is 1. The van der Waals surface area contributed by atoms with E-state index >= 15 is 0 Å². The van der Waals surface area contributed by atoms with Crippen LogP contribution in [-0.2, 0) is 19.0 Å². The SMILES string of the molecule is Brc1cncnc1.C=CC[C@@H](C)N1C(=O)c2ccccc2C1=O.C=CC[C@@H](C)[O-].C=CC[C@H](C)OS(=O)(=O)c1ccc(C)cc1.C[C@@H](C/C=C/c1cncnc1)N1C(=O)c2ccccc2C1=O.C[C@@H]1CO1.C[C@H](N)C/C=C/c1cncnc1.Cl.[CH-]=C.[Cl-].[Cl-].[Mg+2].[Mg+2]. The molecule has 25 heteroatoms. The topological polar surface area (TPSA) is 257 Å². The van der Waals surface area contributed by atoms with E-state index in [4.69, 9.17) is 14.7 Å². The number of amides is 4. The van der Waals surface area contributed by atoms with Gasteiger partial charge < -0.3 is 47.0 Å². The number of fused-ring (bicyclic) bond motifs is 2. The van der Waals surface area contributed by atoms with E-state index in [9.17, 15) is 32.7 Å². The first-order valence-corrected chi connectivity index (χ1v) is 29.3. The molecule has 0 unspecified atom stereocenters. The van der Waals surface area contributed by atoms with E-state index in [1.54, 1.807) is 142 Å². The normalized spacial score (nSPS) is 14.2. The van der Waals surface area contributed by atoms with E-state index in [2.05, 4.69) is 85.7 Å². The summed E-state index contributed by atoms with van der Waals surface area (Å²) in [7, 11) is -3.65. The van der Waals surface area contributed by atoms with Gasteiger partial charge in [-0.25, -0.2) is 29.9 Å². The van der Waals surface area contributed by atoms with Crippen LogP contribution in [-0.4, -0.2) is 161 Å². The van der Waals surface area contributed by atoms with Crippen LogP contribution >= 0.6 is 28.3 Å². The predicted octanol–water partition coefficient (Wildman–Crippen LogP) is 4.93. The molecule has 0 bridgehead atoms. The largest absolute Gasteiger partial charge is 2.00 e. The number of ether oxygens (including phenoxy) is 1. The van der Waals surface area contributed by atoms with Crippen molar-refractivity contribution in [1.82, 2.24) is 39.7 Å². The number of hydrogen-bond donors (Lipinski definition) is 1. The van der Waals surface area contributed by atoms with E-state index in [0.717, 1.165) is 34.2 Å². The fraction of sp³-hybridized carbons (Fsp3) is 0.292. The van der Waals surface area contributed by atoms with Crippen molar-refractivity contribution in [1.29, 1.82) is 0 Å². The molecule has 90 heavy (non-hydrogen) atoms. The van der Waals surface area contributed by atoms with E-state index in [0.29, 0.717) is 54.0 Å². The van der Waals surface area contributed by atoms with Gasteiger partial charge in [-0.1, -0.05) is 91.4 Å². The molecule has 4 amide bonds. The van der Waals surface area contributed by atoms with Gasteiger partial charge in [-0.3, -0.25) is 39.7 Å². The minimum absolute atomic E-state index is 0. The van der Waals surface area contributed by atoms with Crippen LogP contribution in [0.15, 0.2) is 195 Å². The molecule has 0 spiro atoms. The molecular formula is C65H79BrCl3Mg2N9O9S. The number of benzene rings is 3. The Kier molecular flexibility index (Phi) is 51.3. The molecule has 2 N–H and O–H groups in total. The van der Waals surface area contributed by atoms with Crippen LogP contribution in [0.5, 0.6) is 0 Å². The molecule has 3 aromatic carbocycles. The Bertz CT molecular complexity index is 3130. The number of carbonyl (C=O) groups excluding carboxylic acids is 4. The van der Waals surface area contributed by atoms with Crippen molar-refractivity contribution in [3.05, 3.63) is 236 Å². The zero-order valence-corrected chi connectivity index (χ0v) is 59.5. The molecule has 3 aromatic heterocycles. The van der Waals surface area contributed by atoms with E-state index in [1.807, 2.05) is 52.0 Å². The number of epoxide rings is 1. The average Bonchev–Trinajstić information content (AvgIpc) is 2.17. The summed E-state index contributed by atoms with van der Waals surface area (Å²) in [4.78, 5) is 74.6. The maximum Gasteiger partial charge on any atom is 2.00 e. The Hall–Kier alpha value is -5.71. The van der Waals surface area contributed by atoms with Gasteiger partial charge in [0.05, 0.1) is 50.4 Å². The number of hydrogen-bond acceptors (Lipinski definition) is 16. The maximum absolute atomic E-state index is 12.3. The van der Waals surface area contributed by atoms with Crippen molar-refractivity contribution in [2.45, 2.75) is 122 Å². The predicted molar refractivity (Wildman–Crippen MR) is 354 cm³/mol. The van der Waals surface area contributed by atoms with E-state index in [-0.39, 0.29) is 136 Å². The number of nitrogens with zero attached hydrogens (tertiary/aromatic N) is 8. The second kappa shape index (κ2) is 50.9. The van der Waals surface area contributed by atoms with Gasteiger partial charge in [-0.05, 0) is 126 Å². The molecule has 476 valence electrons. The Morgan fingerprint density at radius 1 is 0.633 bits per heavy atom. The van der Waals surface area contributed by atoms with Gasteiger partial charge in [0.2, 0.25) is 0 Å². The van der Waals surface area contributed by atoms with Crippen LogP contribution in [0.25, 0.3) is 12.2 Å². The Labute approximate surface area is 591 Å². The number of halogens is 4. The molecule has 0 saturated carbocycles. The summed E-state index contributed by atoms with van der Waals surface area (Å²) < 4.78 is 34.2. The van der Waals surface area contributed by atoms with Crippen molar-refractivity contribution in [2.24, 2.45) is 5.73 Å². The van der Waals surface area contributed by atoms with Gasteiger partial charge in [0.1, 0.15) is 19.0 Å². The van der Waals surface area contributed by atoms with Gasteiger partial charge in [-0.2, -0.15) is 8.42 Å². The maximum atomic E-state index is 12.3. The number of carbonyl (C=O) groups is 4. The van der Waals surface area contributed by atoms with E-state index < -0.39 is 16.2 Å². The molecule has 3 aliphatic heterocycles. The zero-order valence-electron chi connectivity index (χ0n) is 52.0. The van der Waals surface area contributed by atoms with Crippen LogP contribution < -0.4 is 35.7 Å². The fourth-order valence-corrected chi connectivity index (χ4v) is 8.47. The zero-order chi connectivity index (χ0) is 63.3. The quantitative estimate of drug-likeness (QED) is 0.0317. The smallest absolute Gasteiger partial charge is 1.00 e. The average molecular weight is 1400 g/mol. The minimum atomic E-state index is -3.65. The molecule has 0 radical (unpaired) electrons. The Balaban J connectivity index is -0.000000496. The molecule has 6 aromatic rings. The molecule has 9 rings (SSSR count). The molecule has 1 saturated heterocycles. The second-order valence-corrected chi connectivity index (χ2v) is 21.6. The number of imide groups is 2. The van der Waals surface area contributed by atoms with Crippen LogP contribution in [0, 0.1) is 13.5 Å². The third kappa shape index (κ3) is 34.6.